The zero-order valence-corrected chi connectivity index (χ0v) is 5.17. The molecule has 0 bridgehead atoms. The molecule has 0 unspecified atom stereocenters. The van der Waals surface area contributed by atoms with Crippen molar-refractivity contribution in [1.82, 2.24) is 0 Å². The highest BCUT2D eigenvalue weighted by Crippen LogP contribution is 1.99. The molecule has 0 aliphatic carbocycles. The zero-order chi connectivity index (χ0) is 4.99. The molecule has 36 valence electrons. The molecule has 0 heterocycles. The highest BCUT2D eigenvalue weighted by Gasteiger charge is 1.74. The van der Waals surface area contributed by atoms with Crippen molar-refractivity contribution in [2.75, 3.05) is 7.11 Å². The number of ether oxygens (including phenoxy) is 1. The molecule has 0 rings (SSSR count). The maximum atomic E-state index is 4.55. The van der Waals surface area contributed by atoms with E-state index in [0.29, 0.717) is 5.09 Å². The molecule has 0 aliphatic rings. The van der Waals surface area contributed by atoms with Gasteiger partial charge in [-0.1, -0.05) is 0 Å². The molecule has 0 saturated carbocycles. The summed E-state index contributed by atoms with van der Waals surface area (Å²) in [5, 5.41) is 2.00. The molecule has 6 heavy (non-hydrogen) atoms. The van der Waals surface area contributed by atoms with Crippen LogP contribution in [0.2, 0.25) is 0 Å². The van der Waals surface area contributed by atoms with Crippen molar-refractivity contribution < 1.29 is 4.74 Å². The normalized spacial score (nSPS) is 11.5. The van der Waals surface area contributed by atoms with Gasteiger partial charge in [0.05, 0.1) is 7.11 Å². The fourth-order valence-corrected chi connectivity index (χ4v) is 0.158. The van der Waals surface area contributed by atoms with Gasteiger partial charge in [-0.15, -0.1) is 25.3 Å². The average molecular weight is 122 g/mol. The minimum absolute atomic E-state index is 0.526. The zero-order valence-electron chi connectivity index (χ0n) is 3.38. The van der Waals surface area contributed by atoms with Crippen molar-refractivity contribution >= 4 is 25.3 Å². The van der Waals surface area contributed by atoms with Gasteiger partial charge in [-0.25, -0.2) is 0 Å². The van der Waals surface area contributed by atoms with E-state index in [2.05, 4.69) is 30.0 Å². The van der Waals surface area contributed by atoms with E-state index < -0.39 is 0 Å². The molecule has 0 aromatic carbocycles. The first kappa shape index (κ1) is 6.24. The topological polar surface area (TPSA) is 9.23 Å². The molecule has 0 aliphatic heterocycles. The van der Waals surface area contributed by atoms with Gasteiger partial charge < -0.3 is 4.74 Å². The van der Waals surface area contributed by atoms with E-state index in [1.165, 1.54) is 12.5 Å². The summed E-state index contributed by atoms with van der Waals surface area (Å²) >= 11 is 7.52. The number of hydrogen-bond donors (Lipinski definition) is 2. The van der Waals surface area contributed by atoms with E-state index in [-0.39, 0.29) is 0 Å². The lowest BCUT2D eigenvalue weighted by molar-refractivity contribution is 0.327. The van der Waals surface area contributed by atoms with Crippen LogP contribution < -0.4 is 0 Å². The predicted molar refractivity (Wildman–Crippen MR) is 33.1 cm³/mol. The van der Waals surface area contributed by atoms with Crippen molar-refractivity contribution in [3.8, 4) is 0 Å². The summed E-state index contributed by atoms with van der Waals surface area (Å²) in [6, 6.07) is 0. The van der Waals surface area contributed by atoms with Crippen molar-refractivity contribution in [3.05, 3.63) is 10.5 Å². The Hall–Kier alpha value is 0.240. The Morgan fingerprint density at radius 1 is 1.83 bits per heavy atom. The lowest BCUT2D eigenvalue weighted by Crippen LogP contribution is -1.69. The summed E-state index contributed by atoms with van der Waals surface area (Å²) in [4.78, 5) is 0. The monoisotopic (exact) mass is 122 g/mol. The summed E-state index contributed by atoms with van der Waals surface area (Å²) < 4.78 is 4.55. The van der Waals surface area contributed by atoms with Gasteiger partial charge in [0.15, 0.2) is 5.09 Å². The first-order valence-electron chi connectivity index (χ1n) is 1.38. The standard InChI is InChI=1S/C3H6OS2/c1-4-3(6)2-5/h2,5-6H,1H3/b3-2-. The Morgan fingerprint density at radius 2 is 2.33 bits per heavy atom. The molecule has 0 atom stereocenters. The van der Waals surface area contributed by atoms with E-state index >= 15 is 0 Å². The smallest absolute Gasteiger partial charge is 0.155 e. The predicted octanol–water partition coefficient (Wildman–Crippen LogP) is 1.29. The second kappa shape index (κ2) is 3.43. The van der Waals surface area contributed by atoms with Crippen molar-refractivity contribution in [2.45, 2.75) is 0 Å². The molecule has 0 aromatic heterocycles. The third-order valence-corrected chi connectivity index (χ3v) is 1.07. The van der Waals surface area contributed by atoms with E-state index in [0.717, 1.165) is 0 Å². The lowest BCUT2D eigenvalue weighted by atomic mass is 11.1. The van der Waals surface area contributed by atoms with Crippen molar-refractivity contribution in [3.63, 3.8) is 0 Å². The Morgan fingerprint density at radius 3 is 2.33 bits per heavy atom. The fraction of sp³-hybridized carbons (Fsp3) is 0.333. The molecule has 0 fully saturated rings. The maximum Gasteiger partial charge on any atom is 0.155 e. The summed E-state index contributed by atoms with van der Waals surface area (Å²) in [6.07, 6.45) is 0. The second-order valence-electron chi connectivity index (χ2n) is 0.671. The molecule has 0 aromatic rings. The highest BCUT2D eigenvalue weighted by atomic mass is 32.1. The summed E-state index contributed by atoms with van der Waals surface area (Å²) in [5.74, 6) is 0. The first-order valence-corrected chi connectivity index (χ1v) is 2.35. The molecular formula is C3H6OS2. The van der Waals surface area contributed by atoms with Crippen LogP contribution >= 0.6 is 25.3 Å². The lowest BCUT2D eigenvalue weighted by Gasteiger charge is -1.89. The second-order valence-corrected chi connectivity index (χ2v) is 1.37. The Kier molecular flexibility index (Phi) is 3.57. The van der Waals surface area contributed by atoms with Gasteiger partial charge in [0.25, 0.3) is 0 Å². The van der Waals surface area contributed by atoms with Gasteiger partial charge in [0.1, 0.15) is 0 Å². The largest absolute Gasteiger partial charge is 0.490 e. The maximum absolute atomic E-state index is 4.55. The summed E-state index contributed by atoms with van der Waals surface area (Å²) in [7, 11) is 1.54. The Balaban J connectivity index is 3.22. The van der Waals surface area contributed by atoms with Crippen LogP contribution in [0, 0.1) is 0 Å². The van der Waals surface area contributed by atoms with Crippen LogP contribution in [0.4, 0.5) is 0 Å². The van der Waals surface area contributed by atoms with Gasteiger partial charge >= 0.3 is 0 Å². The molecule has 0 saturated heterocycles. The molecule has 0 radical (unpaired) electrons. The highest BCUT2D eigenvalue weighted by molar-refractivity contribution is 7.87. The minimum Gasteiger partial charge on any atom is -0.490 e. The molecular weight excluding hydrogens is 116 g/mol. The minimum atomic E-state index is 0.526. The fourth-order valence-electron chi connectivity index (χ4n) is 0.0527. The van der Waals surface area contributed by atoms with E-state index in [4.69, 9.17) is 0 Å². The van der Waals surface area contributed by atoms with E-state index in [9.17, 15) is 0 Å². The Bertz CT molecular complexity index is 59.8. The van der Waals surface area contributed by atoms with Crippen LogP contribution in [0.15, 0.2) is 10.5 Å². The van der Waals surface area contributed by atoms with Crippen LogP contribution in [-0.4, -0.2) is 7.11 Å². The van der Waals surface area contributed by atoms with Gasteiger partial charge in [-0.05, 0) is 0 Å². The van der Waals surface area contributed by atoms with Crippen molar-refractivity contribution in [2.24, 2.45) is 0 Å². The van der Waals surface area contributed by atoms with Gasteiger partial charge in [-0.3, -0.25) is 0 Å². The molecule has 0 spiro atoms. The quantitative estimate of drug-likeness (QED) is 0.393. The molecule has 0 N–H and O–H groups in total. The summed E-state index contributed by atoms with van der Waals surface area (Å²) in [5.41, 5.74) is 0. The molecule has 1 nitrogen and oxygen atoms in total. The number of rotatable bonds is 1. The SMILES string of the molecule is CO/C(S)=C/S. The van der Waals surface area contributed by atoms with Gasteiger partial charge in [-0.2, -0.15) is 0 Å². The number of thiol groups is 2. The van der Waals surface area contributed by atoms with Crippen LogP contribution in [0.1, 0.15) is 0 Å². The van der Waals surface area contributed by atoms with Crippen LogP contribution in [0.25, 0.3) is 0 Å². The van der Waals surface area contributed by atoms with Crippen LogP contribution in [0.3, 0.4) is 0 Å². The van der Waals surface area contributed by atoms with Crippen LogP contribution in [0.5, 0.6) is 0 Å². The van der Waals surface area contributed by atoms with Gasteiger partial charge in [0, 0.05) is 5.41 Å². The van der Waals surface area contributed by atoms with Gasteiger partial charge in [0.2, 0.25) is 0 Å². The number of hydrogen-bond acceptors (Lipinski definition) is 3. The number of methoxy groups -OCH3 is 1. The Labute approximate surface area is 48.2 Å². The summed E-state index contributed by atoms with van der Waals surface area (Å²) in [6.45, 7) is 0. The third kappa shape index (κ3) is 2.48. The first-order chi connectivity index (χ1) is 2.81. The van der Waals surface area contributed by atoms with Crippen LogP contribution in [-0.2, 0) is 4.74 Å². The average Bonchev–Trinajstić information content (AvgIpc) is 1.65. The third-order valence-electron chi connectivity index (χ3n) is 0.320. The van der Waals surface area contributed by atoms with Crippen molar-refractivity contribution in [1.29, 1.82) is 0 Å². The molecule has 3 heteroatoms. The van der Waals surface area contributed by atoms with E-state index in [1.54, 1.807) is 0 Å². The van der Waals surface area contributed by atoms with E-state index in [1.807, 2.05) is 0 Å². The molecule has 0 amide bonds.